The summed E-state index contributed by atoms with van der Waals surface area (Å²) in [5.41, 5.74) is -4.17. The summed E-state index contributed by atoms with van der Waals surface area (Å²) in [6.45, 7) is 8.11. The number of ether oxygens (including phenoxy) is 1. The van der Waals surface area contributed by atoms with E-state index >= 15 is 0 Å². The van der Waals surface area contributed by atoms with Gasteiger partial charge in [0.25, 0.3) is 12.4 Å². The van der Waals surface area contributed by atoms with Crippen LogP contribution in [0.4, 0.5) is 17.6 Å². The molecule has 0 saturated carbocycles. The number of carbonyl (C=O) groups is 1. The maximum atomic E-state index is 14.3. The topological polar surface area (TPSA) is 131 Å². The molecule has 0 aliphatic carbocycles. The molecule has 0 fully saturated rings. The van der Waals surface area contributed by atoms with Crippen LogP contribution in [0.3, 0.4) is 0 Å². The largest absolute Gasteiger partial charge is 0.471 e. The van der Waals surface area contributed by atoms with Gasteiger partial charge in [-0.3, -0.25) is 4.79 Å². The first-order valence-electron chi connectivity index (χ1n) is 10.8. The summed E-state index contributed by atoms with van der Waals surface area (Å²) in [7, 11) is 1.31. The van der Waals surface area contributed by atoms with Crippen molar-refractivity contribution in [1.29, 1.82) is 0 Å². The van der Waals surface area contributed by atoms with Crippen molar-refractivity contribution in [2.75, 3.05) is 7.11 Å². The molecule has 0 saturated heterocycles. The minimum absolute atomic E-state index is 0.0235. The van der Waals surface area contributed by atoms with E-state index in [1.54, 1.807) is 0 Å². The number of halogens is 5. The fraction of sp³-hybridized carbons (Fsp3) is 0.435. The van der Waals surface area contributed by atoms with E-state index in [2.05, 4.69) is 15.0 Å². The molecule has 14 heteroatoms. The first kappa shape index (κ1) is 32.0. The molecule has 1 aromatic carbocycles. The van der Waals surface area contributed by atoms with E-state index < -0.39 is 46.9 Å². The van der Waals surface area contributed by atoms with Gasteiger partial charge in [0.1, 0.15) is 11.5 Å². The molecule has 3 rings (SSSR count). The van der Waals surface area contributed by atoms with Gasteiger partial charge in [-0.15, -0.1) is 0 Å². The van der Waals surface area contributed by atoms with Crippen molar-refractivity contribution in [3.8, 4) is 22.6 Å². The highest BCUT2D eigenvalue weighted by Crippen LogP contribution is 2.43. The monoisotopic (exact) mass is 553 g/mol. The normalized spacial score (nSPS) is 11.7. The second-order valence-corrected chi connectivity index (χ2v) is 8.40. The van der Waals surface area contributed by atoms with Gasteiger partial charge in [-0.25, -0.2) is 9.07 Å². The van der Waals surface area contributed by atoms with Gasteiger partial charge < -0.3 is 24.6 Å². The summed E-state index contributed by atoms with van der Waals surface area (Å²) >= 11 is 6.01. The van der Waals surface area contributed by atoms with Crippen molar-refractivity contribution >= 4 is 18.1 Å². The molecular weight excluding hydrogens is 526 g/mol. The lowest BCUT2D eigenvalue weighted by atomic mass is 10.0. The van der Waals surface area contributed by atoms with E-state index in [-0.39, 0.29) is 26.5 Å². The van der Waals surface area contributed by atoms with E-state index in [1.165, 1.54) is 40.0 Å². The van der Waals surface area contributed by atoms with Crippen LogP contribution < -0.4 is 0 Å². The predicted molar refractivity (Wildman–Crippen MR) is 126 cm³/mol. The number of nitrogens with zero attached hydrogens (tertiary/aromatic N) is 3. The van der Waals surface area contributed by atoms with Gasteiger partial charge in [-0.1, -0.05) is 36.7 Å². The summed E-state index contributed by atoms with van der Waals surface area (Å²) in [6.07, 6.45) is -5.26. The summed E-state index contributed by atoms with van der Waals surface area (Å²) < 4.78 is 64.8. The number of aromatic nitrogens is 3. The molecule has 0 atom stereocenters. The highest BCUT2D eigenvalue weighted by atomic mass is 35.5. The fourth-order valence-corrected chi connectivity index (χ4v) is 3.51. The zero-order valence-electron chi connectivity index (χ0n) is 20.9. The van der Waals surface area contributed by atoms with Crippen LogP contribution in [0, 0.1) is 12.7 Å². The van der Waals surface area contributed by atoms with Crippen LogP contribution in [0.5, 0.6) is 0 Å². The quantitative estimate of drug-likeness (QED) is 0.223. The third-order valence-corrected chi connectivity index (χ3v) is 4.83. The molecule has 0 bridgehead atoms. The molecule has 0 radical (unpaired) electrons. The summed E-state index contributed by atoms with van der Waals surface area (Å²) in [4.78, 5) is 8.95. The van der Waals surface area contributed by atoms with Gasteiger partial charge in [0.15, 0.2) is 11.5 Å². The summed E-state index contributed by atoms with van der Waals surface area (Å²) in [5, 5.41) is 37.4. The third-order valence-electron chi connectivity index (χ3n) is 4.51. The highest BCUT2D eigenvalue weighted by Gasteiger charge is 2.46. The van der Waals surface area contributed by atoms with Crippen molar-refractivity contribution in [3.05, 3.63) is 46.5 Å². The molecule has 0 aliphatic heterocycles. The molecule has 0 aliphatic rings. The van der Waals surface area contributed by atoms with Gasteiger partial charge >= 0.3 is 6.18 Å². The molecule has 206 valence electrons. The molecule has 0 spiro atoms. The molecule has 2 heterocycles. The lowest BCUT2D eigenvalue weighted by molar-refractivity contribution is -0.270. The Morgan fingerprint density at radius 1 is 1.19 bits per heavy atom. The van der Waals surface area contributed by atoms with E-state index in [1.807, 2.05) is 13.8 Å². The van der Waals surface area contributed by atoms with E-state index in [9.17, 15) is 32.9 Å². The number of benzene rings is 1. The lowest BCUT2D eigenvalue weighted by Crippen LogP contribution is -2.43. The third kappa shape index (κ3) is 7.74. The Bertz CT molecular complexity index is 1170. The first-order chi connectivity index (χ1) is 17.0. The lowest BCUT2D eigenvalue weighted by Gasteiger charge is -2.30. The van der Waals surface area contributed by atoms with E-state index in [0.29, 0.717) is 12.7 Å². The number of carbonyl (C=O) groups excluding carboxylic acids is 1. The van der Waals surface area contributed by atoms with Crippen molar-refractivity contribution in [1.82, 2.24) is 14.9 Å². The molecule has 37 heavy (non-hydrogen) atoms. The van der Waals surface area contributed by atoms with E-state index in [0.717, 1.165) is 6.07 Å². The average molecular weight is 554 g/mol. The zero-order valence-corrected chi connectivity index (χ0v) is 21.6. The second kappa shape index (κ2) is 12.5. The molecule has 3 aromatic rings. The number of rotatable bonds is 6. The Kier molecular flexibility index (Phi) is 10.8. The van der Waals surface area contributed by atoms with Gasteiger partial charge in [0.05, 0.1) is 41.5 Å². The summed E-state index contributed by atoms with van der Waals surface area (Å²) in [6, 6.07) is 3.85. The van der Waals surface area contributed by atoms with Crippen molar-refractivity contribution in [3.63, 3.8) is 0 Å². The van der Waals surface area contributed by atoms with Crippen LogP contribution >= 0.6 is 11.6 Å². The van der Waals surface area contributed by atoms with Crippen LogP contribution in [0.2, 0.25) is 5.02 Å². The molecular formula is C23H28ClF4N3O6. The smallest absolute Gasteiger partial charge is 0.433 e. The van der Waals surface area contributed by atoms with Gasteiger partial charge in [-0.2, -0.15) is 18.3 Å². The molecule has 9 nitrogen and oxygen atoms in total. The van der Waals surface area contributed by atoms with Gasteiger partial charge in [0, 0.05) is 5.56 Å². The fourth-order valence-electron chi connectivity index (χ4n) is 3.26. The minimum atomic E-state index is -5.10. The number of methoxy groups -OCH3 is 1. The standard InChI is InChI=1S/C19H18ClF4N3O4.C2H4O2.C2H6/c1-9-14(13-11(20)5-4-6-12(13)21)26-31-15(9)10-7-25-27(16(10)19(22,23)24)18(29,30)8-17(2,3)28;1-4-2-3;1-2/h4-7,28-30H,8H2,1-3H3;2H,1H3;1-2H3. The second-order valence-electron chi connectivity index (χ2n) is 7.99. The van der Waals surface area contributed by atoms with Crippen molar-refractivity contribution in [2.24, 2.45) is 0 Å². The van der Waals surface area contributed by atoms with E-state index in [4.69, 9.17) is 20.9 Å². The SMILES string of the molecule is CC.COC=O.Cc1c(-c2c(F)cccc2Cl)noc1-c1cnn(C(O)(O)CC(C)(C)O)c1C(F)(F)F. The maximum absolute atomic E-state index is 14.3. The van der Waals surface area contributed by atoms with Crippen LogP contribution in [0.25, 0.3) is 22.6 Å². The minimum Gasteiger partial charge on any atom is -0.471 e. The van der Waals surface area contributed by atoms with Crippen LogP contribution in [0.15, 0.2) is 28.9 Å². The Labute approximate surface area is 215 Å². The van der Waals surface area contributed by atoms with Crippen LogP contribution in [0.1, 0.15) is 45.4 Å². The number of hydrogen-bond acceptors (Lipinski definition) is 8. The van der Waals surface area contributed by atoms with Crippen molar-refractivity contribution in [2.45, 2.75) is 58.7 Å². The zero-order chi connectivity index (χ0) is 28.8. The molecule has 3 N–H and O–H groups in total. The Morgan fingerprint density at radius 3 is 2.22 bits per heavy atom. The molecule has 0 unspecified atom stereocenters. The Hall–Kier alpha value is -3.00. The molecule has 2 aromatic heterocycles. The predicted octanol–water partition coefficient (Wildman–Crippen LogP) is 4.90. The van der Waals surface area contributed by atoms with Crippen LogP contribution in [-0.4, -0.2) is 49.4 Å². The van der Waals surface area contributed by atoms with Crippen molar-refractivity contribution < 1.29 is 46.9 Å². The average Bonchev–Trinajstić information content (AvgIpc) is 3.38. The number of hydrogen-bond donors (Lipinski definition) is 3. The highest BCUT2D eigenvalue weighted by molar-refractivity contribution is 6.33. The first-order valence-corrected chi connectivity index (χ1v) is 11.1. The van der Waals surface area contributed by atoms with Gasteiger partial charge in [-0.05, 0) is 32.9 Å². The summed E-state index contributed by atoms with van der Waals surface area (Å²) in [5.74, 6) is -4.34. The number of aliphatic hydroxyl groups is 3. The number of alkyl halides is 3. The molecule has 0 amide bonds. The Morgan fingerprint density at radius 2 is 1.76 bits per heavy atom. The maximum Gasteiger partial charge on any atom is 0.433 e. The van der Waals surface area contributed by atoms with Gasteiger partial charge in [0.2, 0.25) is 0 Å². The van der Waals surface area contributed by atoms with Crippen LogP contribution in [-0.2, 0) is 21.6 Å². The Balaban J connectivity index is 0.00000104.